The number of nitrogens with one attached hydrogen (secondary N) is 2. The monoisotopic (exact) mass is 469 g/mol. The summed E-state index contributed by atoms with van der Waals surface area (Å²) in [4.78, 5) is 50.1. The zero-order chi connectivity index (χ0) is 26.1. The van der Waals surface area contributed by atoms with E-state index >= 15 is 0 Å². The summed E-state index contributed by atoms with van der Waals surface area (Å²) in [5, 5.41) is 12.9. The molecule has 1 aromatic carbocycles. The van der Waals surface area contributed by atoms with E-state index in [0.29, 0.717) is 10.9 Å². The highest BCUT2D eigenvalue weighted by atomic mass is 19.1. The van der Waals surface area contributed by atoms with Crippen LogP contribution in [0.2, 0.25) is 1.41 Å². The number of carbonyl (C=O) groups is 4. The second-order valence-electron chi connectivity index (χ2n) is 7.91. The predicted molar refractivity (Wildman–Crippen MR) is 117 cm³/mol. The van der Waals surface area contributed by atoms with Crippen molar-refractivity contribution in [3.05, 3.63) is 35.6 Å². The summed E-state index contributed by atoms with van der Waals surface area (Å²) in [6.45, 7) is 7.61. The third-order valence-corrected chi connectivity index (χ3v) is 4.91. The first-order valence-electron chi connectivity index (χ1n) is 11.2. The van der Waals surface area contributed by atoms with E-state index in [1.54, 1.807) is 13.8 Å². The van der Waals surface area contributed by atoms with Crippen molar-refractivity contribution in [2.75, 3.05) is 13.2 Å². The SMILES string of the molecule is [2H]N(C(=O)C(C)(C)c1ccc(F)cc1)[C@H](C(=O)N[C@@H](CCC(=O)OCC)C(=O)OCC)[C@H](C)O. The molecule has 0 aliphatic rings. The first kappa shape index (κ1) is 26.2. The average Bonchev–Trinajstić information content (AvgIpc) is 2.76. The van der Waals surface area contributed by atoms with Gasteiger partial charge in [-0.05, 0) is 58.7 Å². The summed E-state index contributed by atoms with van der Waals surface area (Å²) in [5.74, 6) is -3.69. The van der Waals surface area contributed by atoms with Crippen molar-refractivity contribution >= 4 is 23.8 Å². The molecule has 0 heterocycles. The van der Waals surface area contributed by atoms with Gasteiger partial charge in [0.2, 0.25) is 11.8 Å². The molecule has 10 heteroatoms. The summed E-state index contributed by atoms with van der Waals surface area (Å²) >= 11 is 0. The van der Waals surface area contributed by atoms with Crippen LogP contribution in [0.4, 0.5) is 4.39 Å². The Balaban J connectivity index is 3.09. The summed E-state index contributed by atoms with van der Waals surface area (Å²) < 4.78 is 31.4. The first-order chi connectivity index (χ1) is 15.9. The molecule has 0 aliphatic carbocycles. The molecule has 1 rings (SSSR count). The van der Waals surface area contributed by atoms with E-state index in [0.717, 1.165) is 0 Å². The molecule has 0 saturated carbocycles. The van der Waals surface area contributed by atoms with Gasteiger partial charge in [0.15, 0.2) is 1.41 Å². The van der Waals surface area contributed by atoms with Crippen LogP contribution in [-0.4, -0.2) is 60.3 Å². The topological polar surface area (TPSA) is 131 Å². The van der Waals surface area contributed by atoms with E-state index in [1.807, 2.05) is 0 Å². The van der Waals surface area contributed by atoms with Crippen LogP contribution in [0.1, 0.15) is 53.0 Å². The lowest BCUT2D eigenvalue weighted by Crippen LogP contribution is -2.58. The number of halogens is 1. The number of rotatable bonds is 12. The Kier molecular flexibility index (Phi) is 10.2. The molecule has 0 unspecified atom stereocenters. The molecule has 0 radical (unpaired) electrons. The third kappa shape index (κ3) is 8.45. The average molecular weight is 470 g/mol. The number of hydrogen-bond donors (Lipinski definition) is 3. The minimum absolute atomic E-state index is 0.0271. The number of benzene rings is 1. The van der Waals surface area contributed by atoms with Gasteiger partial charge in [0, 0.05) is 6.42 Å². The third-order valence-electron chi connectivity index (χ3n) is 4.91. The van der Waals surface area contributed by atoms with Gasteiger partial charge in [-0.15, -0.1) is 0 Å². The van der Waals surface area contributed by atoms with Gasteiger partial charge in [-0.25, -0.2) is 9.18 Å². The van der Waals surface area contributed by atoms with Crippen LogP contribution in [0, 0.1) is 5.82 Å². The predicted octanol–water partition coefficient (Wildman–Crippen LogP) is 1.36. The Morgan fingerprint density at radius 2 is 1.70 bits per heavy atom. The summed E-state index contributed by atoms with van der Waals surface area (Å²) in [6, 6.07) is 2.20. The van der Waals surface area contributed by atoms with Gasteiger partial charge in [0.05, 0.1) is 24.7 Å². The van der Waals surface area contributed by atoms with Crippen LogP contribution in [0.25, 0.3) is 0 Å². The molecule has 3 atom stereocenters. The molecule has 2 amide bonds. The summed E-state index contributed by atoms with van der Waals surface area (Å²) in [6.07, 6.45) is -1.79. The van der Waals surface area contributed by atoms with E-state index in [1.165, 1.54) is 45.0 Å². The zero-order valence-electron chi connectivity index (χ0n) is 20.6. The number of aliphatic hydroxyl groups is 1. The number of hydrogen-bond acceptors (Lipinski definition) is 7. The number of aliphatic hydroxyl groups excluding tert-OH is 1. The zero-order valence-corrected chi connectivity index (χ0v) is 19.6. The molecule has 0 aromatic heterocycles. The molecule has 0 spiro atoms. The second-order valence-corrected chi connectivity index (χ2v) is 7.91. The smallest absolute Gasteiger partial charge is 0.328 e. The van der Waals surface area contributed by atoms with Crippen molar-refractivity contribution in [3.63, 3.8) is 0 Å². The van der Waals surface area contributed by atoms with Gasteiger partial charge in [-0.3, -0.25) is 14.4 Å². The standard InChI is InChI=1S/C23H33FN2O7/c1-6-32-18(28)13-12-17(21(30)33-7-2)25-20(29)19(14(3)27)26-22(31)23(4,5)15-8-10-16(24)11-9-15/h8-11,14,17,19,27H,6-7,12-13H2,1-5H3,(H,25,29)(H,26,31)/t14-,17-,19-/m0/s1/i/hD. The normalized spacial score (nSPS) is 14.3. The Morgan fingerprint density at radius 3 is 2.21 bits per heavy atom. The number of carbonyl (C=O) groups excluding carboxylic acids is 4. The Morgan fingerprint density at radius 1 is 1.12 bits per heavy atom. The molecule has 9 nitrogen and oxygen atoms in total. The van der Waals surface area contributed by atoms with Crippen molar-refractivity contribution in [1.82, 2.24) is 10.6 Å². The van der Waals surface area contributed by atoms with Crippen LogP contribution in [0.5, 0.6) is 0 Å². The maximum Gasteiger partial charge on any atom is 0.328 e. The van der Waals surface area contributed by atoms with Gasteiger partial charge < -0.3 is 25.2 Å². The fourth-order valence-electron chi connectivity index (χ4n) is 2.91. The van der Waals surface area contributed by atoms with Crippen molar-refractivity contribution < 1.29 is 39.6 Å². The van der Waals surface area contributed by atoms with Crippen molar-refractivity contribution in [1.29, 1.82) is 0 Å². The Hall–Kier alpha value is -3.01. The van der Waals surface area contributed by atoms with Gasteiger partial charge in [-0.2, -0.15) is 0 Å². The molecule has 0 fully saturated rings. The Labute approximate surface area is 194 Å². The van der Waals surface area contributed by atoms with Crippen molar-refractivity contribution in [2.24, 2.45) is 0 Å². The highest BCUT2D eigenvalue weighted by molar-refractivity contribution is 5.94. The fourth-order valence-corrected chi connectivity index (χ4v) is 2.91. The molecular formula is C23H33FN2O7. The highest BCUT2D eigenvalue weighted by Crippen LogP contribution is 2.24. The van der Waals surface area contributed by atoms with Gasteiger partial charge in [-0.1, -0.05) is 12.1 Å². The van der Waals surface area contributed by atoms with Crippen molar-refractivity contribution in [3.8, 4) is 0 Å². The minimum Gasteiger partial charge on any atom is -0.466 e. The highest BCUT2D eigenvalue weighted by Gasteiger charge is 2.36. The van der Waals surface area contributed by atoms with Crippen LogP contribution in [0.15, 0.2) is 24.3 Å². The summed E-state index contributed by atoms with van der Waals surface area (Å²) in [5.41, 5.74) is -0.924. The minimum atomic E-state index is -1.67. The van der Waals surface area contributed by atoms with Crippen molar-refractivity contribution in [2.45, 2.75) is 71.1 Å². The van der Waals surface area contributed by atoms with Crippen LogP contribution < -0.4 is 10.6 Å². The maximum absolute atomic E-state index is 13.3. The molecule has 184 valence electrons. The van der Waals surface area contributed by atoms with Gasteiger partial charge in [0.25, 0.3) is 0 Å². The lowest BCUT2D eigenvalue weighted by molar-refractivity contribution is -0.149. The lowest BCUT2D eigenvalue weighted by Gasteiger charge is -2.29. The van der Waals surface area contributed by atoms with E-state index in [-0.39, 0.29) is 26.1 Å². The quantitative estimate of drug-likeness (QED) is 0.394. The lowest BCUT2D eigenvalue weighted by atomic mass is 9.83. The van der Waals surface area contributed by atoms with Crippen LogP contribution in [0.3, 0.4) is 0 Å². The van der Waals surface area contributed by atoms with E-state index in [9.17, 15) is 28.7 Å². The molecule has 3 N–H and O–H groups in total. The second kappa shape index (κ2) is 12.9. The van der Waals surface area contributed by atoms with E-state index in [2.05, 4.69) is 5.32 Å². The number of ether oxygens (including phenoxy) is 2. The van der Waals surface area contributed by atoms with Gasteiger partial charge in [0.1, 0.15) is 17.9 Å². The molecular weight excluding hydrogens is 435 g/mol. The fraction of sp³-hybridized carbons (Fsp3) is 0.565. The number of esters is 2. The van der Waals surface area contributed by atoms with Crippen LogP contribution >= 0.6 is 0 Å². The summed E-state index contributed by atoms with van der Waals surface area (Å²) in [7, 11) is 0. The molecule has 0 aliphatic heterocycles. The maximum atomic E-state index is 13.3. The molecule has 33 heavy (non-hydrogen) atoms. The van der Waals surface area contributed by atoms with Gasteiger partial charge >= 0.3 is 11.9 Å². The number of amides is 2. The van der Waals surface area contributed by atoms with Crippen LogP contribution in [-0.2, 0) is 34.1 Å². The molecule has 0 bridgehead atoms. The molecule has 1 aromatic rings. The first-order valence-corrected chi connectivity index (χ1v) is 10.8. The van der Waals surface area contributed by atoms with E-state index < -0.39 is 53.2 Å². The van der Waals surface area contributed by atoms with E-state index in [4.69, 9.17) is 10.9 Å². The largest absolute Gasteiger partial charge is 0.466 e. The Bertz CT molecular complexity index is 861. The molecule has 0 saturated heterocycles.